The van der Waals surface area contributed by atoms with Gasteiger partial charge >= 0.3 is 0 Å². The third-order valence-corrected chi connectivity index (χ3v) is 16.3. The van der Waals surface area contributed by atoms with Gasteiger partial charge in [-0.3, -0.25) is 0 Å². The molecule has 0 fully saturated rings. The number of hydrogen-bond donors (Lipinski definition) is 0. The summed E-state index contributed by atoms with van der Waals surface area (Å²) in [5, 5.41) is 10.5. The van der Waals surface area contributed by atoms with Crippen LogP contribution in [0.4, 0.5) is 0 Å². The van der Waals surface area contributed by atoms with E-state index < -0.39 is 0 Å². The Balaban J connectivity index is 1.08. The Morgan fingerprint density at radius 3 is 0.824 bits per heavy atom. The lowest BCUT2D eigenvalue weighted by atomic mass is 9.82. The van der Waals surface area contributed by atoms with Gasteiger partial charge in [-0.05, 0) is 190 Å². The van der Waals surface area contributed by atoms with Crippen LogP contribution in [0.5, 0.6) is 0 Å². The van der Waals surface area contributed by atoms with E-state index >= 15 is 0 Å². The highest BCUT2D eigenvalue weighted by atomic mass is 14.4. The molecule has 0 N–H and O–H groups in total. The number of hydrogen-bond acceptors (Lipinski definition) is 0. The second-order valence-electron chi connectivity index (χ2n) is 20.1. The molecule has 0 heterocycles. The van der Waals surface area contributed by atoms with Gasteiger partial charge in [0.1, 0.15) is 0 Å². The molecule has 0 radical (unpaired) electrons. The van der Waals surface area contributed by atoms with Gasteiger partial charge in [0, 0.05) is 0 Å². The molecule has 0 amide bonds. The Morgan fingerprint density at radius 1 is 0.135 bits per heavy atom. The summed E-state index contributed by atoms with van der Waals surface area (Å²) in [7, 11) is 0. The summed E-state index contributed by atoms with van der Waals surface area (Å²) in [5.41, 5.74) is 27.6. The van der Waals surface area contributed by atoms with Gasteiger partial charge in [-0.15, -0.1) is 0 Å². The summed E-state index contributed by atoms with van der Waals surface area (Å²) in [6.07, 6.45) is 0. The van der Waals surface area contributed by atoms with Crippen LogP contribution in [0.25, 0.3) is 165 Å². The number of benzene rings is 14. The maximum absolute atomic E-state index is 2.58. The molecule has 14 aromatic rings. The van der Waals surface area contributed by atoms with E-state index in [9.17, 15) is 0 Å². The molecule has 16 rings (SSSR count). The SMILES string of the molecule is c1ccc(-c2cc(-c3ccccc3)cc(-c3cc4c5c(ccc6c7ccc8c9c(ccc(c3c56)c97)-c3c(-c5ccccc5)ccc(-c5ccccc5)c3-8)-c3c(-c5ccccc5)ccc(-c5ccccc5)c3-4)c2)cc1. The average Bonchev–Trinajstić information content (AvgIpc) is 4.06. The fourth-order valence-electron chi connectivity index (χ4n) is 13.2. The highest BCUT2D eigenvalue weighted by molar-refractivity contribution is 6.43. The molecule has 0 aliphatic heterocycles. The van der Waals surface area contributed by atoms with Crippen LogP contribution in [0, 0.1) is 0 Å². The molecule has 0 bridgehead atoms. The van der Waals surface area contributed by atoms with Gasteiger partial charge in [-0.25, -0.2) is 0 Å². The first-order valence-corrected chi connectivity index (χ1v) is 25.8. The van der Waals surface area contributed by atoms with Crippen molar-refractivity contribution in [2.24, 2.45) is 0 Å². The minimum Gasteiger partial charge on any atom is -0.0622 e. The highest BCUT2D eigenvalue weighted by Crippen LogP contribution is 2.62. The Kier molecular flexibility index (Phi) is 8.84. The molecule has 0 spiro atoms. The van der Waals surface area contributed by atoms with Crippen LogP contribution < -0.4 is 0 Å². The molecular weight excluding hydrogens is 889 g/mol. The summed E-state index contributed by atoms with van der Waals surface area (Å²) in [6, 6.07) is 99.9. The van der Waals surface area contributed by atoms with E-state index in [2.05, 4.69) is 267 Å². The van der Waals surface area contributed by atoms with Gasteiger partial charge in [0.05, 0.1) is 0 Å². The lowest BCUT2D eigenvalue weighted by Crippen LogP contribution is -1.93. The quantitative estimate of drug-likeness (QED) is 0.110. The molecule has 0 nitrogen and oxygen atoms in total. The van der Waals surface area contributed by atoms with Crippen molar-refractivity contribution in [3.63, 3.8) is 0 Å². The van der Waals surface area contributed by atoms with E-state index in [-0.39, 0.29) is 0 Å². The molecule has 340 valence electrons. The minimum atomic E-state index is 1.20. The molecule has 74 heavy (non-hydrogen) atoms. The Hall–Kier alpha value is -9.62. The predicted molar refractivity (Wildman–Crippen MR) is 315 cm³/mol. The van der Waals surface area contributed by atoms with Gasteiger partial charge < -0.3 is 0 Å². The summed E-state index contributed by atoms with van der Waals surface area (Å²) < 4.78 is 0. The van der Waals surface area contributed by atoms with Crippen molar-refractivity contribution in [3.05, 3.63) is 267 Å². The summed E-state index contributed by atoms with van der Waals surface area (Å²) in [4.78, 5) is 0. The molecule has 0 unspecified atom stereocenters. The molecule has 0 atom stereocenters. The number of rotatable bonds is 7. The zero-order valence-corrected chi connectivity index (χ0v) is 40.4. The van der Waals surface area contributed by atoms with Gasteiger partial charge in [-0.2, -0.15) is 0 Å². The van der Waals surface area contributed by atoms with Crippen LogP contribution in [-0.4, -0.2) is 0 Å². The van der Waals surface area contributed by atoms with Crippen molar-refractivity contribution < 1.29 is 0 Å². The Morgan fingerprint density at radius 2 is 0.432 bits per heavy atom. The van der Waals surface area contributed by atoms with Crippen molar-refractivity contribution in [2.45, 2.75) is 0 Å². The summed E-state index contributed by atoms with van der Waals surface area (Å²) >= 11 is 0. The zero-order chi connectivity index (χ0) is 48.4. The zero-order valence-electron chi connectivity index (χ0n) is 40.4. The molecule has 0 aromatic heterocycles. The lowest BCUT2D eigenvalue weighted by Gasteiger charge is -2.21. The van der Waals surface area contributed by atoms with Gasteiger partial charge in [-0.1, -0.05) is 243 Å². The van der Waals surface area contributed by atoms with Crippen LogP contribution in [-0.2, 0) is 0 Å². The topological polar surface area (TPSA) is 0 Å². The Labute approximate surface area is 430 Å². The maximum Gasteiger partial charge on any atom is -0.000761 e. The first kappa shape index (κ1) is 41.0. The van der Waals surface area contributed by atoms with E-state index in [0.29, 0.717) is 0 Å². The van der Waals surface area contributed by atoms with Crippen molar-refractivity contribution in [1.82, 2.24) is 0 Å². The lowest BCUT2D eigenvalue weighted by molar-refractivity contribution is 1.57. The van der Waals surface area contributed by atoms with E-state index in [0.717, 1.165) is 0 Å². The van der Waals surface area contributed by atoms with Crippen LogP contribution in [0.2, 0.25) is 0 Å². The predicted octanol–water partition coefficient (Wildman–Crippen LogP) is 20.7. The summed E-state index contributed by atoms with van der Waals surface area (Å²) in [6.45, 7) is 0. The van der Waals surface area contributed by atoms with Crippen molar-refractivity contribution in [3.8, 4) is 122 Å². The summed E-state index contributed by atoms with van der Waals surface area (Å²) in [5.74, 6) is 0. The van der Waals surface area contributed by atoms with Crippen LogP contribution in [0.3, 0.4) is 0 Å². The van der Waals surface area contributed by atoms with Gasteiger partial charge in [0.25, 0.3) is 0 Å². The largest absolute Gasteiger partial charge is 0.0622 e. The van der Waals surface area contributed by atoms with Crippen molar-refractivity contribution >= 4 is 43.1 Å². The molecule has 0 saturated heterocycles. The normalized spacial score (nSPS) is 12.1. The standard InChI is InChI=1S/C74H44/c1-7-19-45(20-8-1)51-41-52(46-21-9-2-10-22-46)43-53(42-51)64-44-65-69-57(50-29-17-6-18-30-50)34-33-56(49-27-15-5-16-28-49)68(69)62-38-36-59-58-35-37-60-66-54(47-23-11-3-12-24-47)31-32-55(48-25-13-4-14-26-48)67(66)61-39-40-63(70(58)71(60)61)72(64)74(59)73(62)65/h1-44H. The fourth-order valence-corrected chi connectivity index (χ4v) is 13.2. The van der Waals surface area contributed by atoms with Crippen LogP contribution in [0.15, 0.2) is 267 Å². The fraction of sp³-hybridized carbons (Fsp3) is 0. The molecular formula is C74H44. The first-order chi connectivity index (χ1) is 36.7. The van der Waals surface area contributed by atoms with Crippen LogP contribution >= 0.6 is 0 Å². The monoisotopic (exact) mass is 932 g/mol. The van der Waals surface area contributed by atoms with E-state index in [1.54, 1.807) is 0 Å². The van der Waals surface area contributed by atoms with E-state index in [1.807, 2.05) is 0 Å². The third-order valence-electron chi connectivity index (χ3n) is 16.3. The van der Waals surface area contributed by atoms with Crippen molar-refractivity contribution in [1.29, 1.82) is 0 Å². The molecule has 0 heteroatoms. The molecule has 2 aliphatic rings. The minimum absolute atomic E-state index is 1.20. The highest BCUT2D eigenvalue weighted by Gasteiger charge is 2.34. The van der Waals surface area contributed by atoms with E-state index in [4.69, 9.17) is 0 Å². The van der Waals surface area contributed by atoms with Gasteiger partial charge in [0.2, 0.25) is 0 Å². The smallest absolute Gasteiger partial charge is 0.000761 e. The molecule has 14 aromatic carbocycles. The molecule has 2 aliphatic carbocycles. The van der Waals surface area contributed by atoms with Crippen LogP contribution in [0.1, 0.15) is 0 Å². The van der Waals surface area contributed by atoms with Crippen molar-refractivity contribution in [2.75, 3.05) is 0 Å². The second kappa shape index (κ2) is 15.9. The number of fused-ring (bicyclic) bond motifs is 8. The second-order valence-corrected chi connectivity index (χ2v) is 20.1. The first-order valence-electron chi connectivity index (χ1n) is 25.8. The third kappa shape index (κ3) is 5.91. The average molecular weight is 933 g/mol. The van der Waals surface area contributed by atoms with Gasteiger partial charge in [0.15, 0.2) is 0 Å². The van der Waals surface area contributed by atoms with E-state index in [1.165, 1.54) is 165 Å². The maximum atomic E-state index is 2.58. The Bertz CT molecular complexity index is 4440. The molecule has 0 saturated carbocycles.